The number of hydrogen-bond acceptors (Lipinski definition) is 4. The Morgan fingerprint density at radius 3 is 2.75 bits per heavy atom. The van der Waals surface area contributed by atoms with Crippen LogP contribution < -0.4 is 16.0 Å². The topological polar surface area (TPSA) is 83.1 Å². The van der Waals surface area contributed by atoms with Crippen LogP contribution in [0.1, 0.15) is 45.4 Å². The van der Waals surface area contributed by atoms with E-state index < -0.39 is 0 Å². The molecule has 0 unspecified atom stereocenters. The van der Waals surface area contributed by atoms with Crippen molar-refractivity contribution in [2.75, 3.05) is 10.6 Å². The number of amides is 3. The van der Waals surface area contributed by atoms with Gasteiger partial charge < -0.3 is 16.0 Å². The van der Waals surface area contributed by atoms with E-state index in [-0.39, 0.29) is 18.0 Å². The van der Waals surface area contributed by atoms with Gasteiger partial charge in [-0.25, -0.2) is 9.78 Å². The van der Waals surface area contributed by atoms with Crippen molar-refractivity contribution in [3.8, 4) is 0 Å². The molecule has 0 atom stereocenters. The average molecular weight is 346 g/mol. The first-order valence-corrected chi connectivity index (χ1v) is 9.23. The first kappa shape index (κ1) is 16.7. The van der Waals surface area contributed by atoms with E-state index in [0.29, 0.717) is 11.6 Å². The molecular formula is C17H22N4O2S. The Bertz CT molecular complexity index is 737. The molecule has 1 aliphatic rings. The van der Waals surface area contributed by atoms with Crippen LogP contribution in [-0.4, -0.2) is 23.0 Å². The Balaban J connectivity index is 1.64. The molecule has 3 rings (SSSR count). The van der Waals surface area contributed by atoms with Crippen LogP contribution in [0.2, 0.25) is 0 Å². The van der Waals surface area contributed by atoms with E-state index in [0.717, 1.165) is 28.7 Å². The maximum Gasteiger partial charge on any atom is 0.319 e. The van der Waals surface area contributed by atoms with Crippen molar-refractivity contribution in [1.29, 1.82) is 0 Å². The van der Waals surface area contributed by atoms with E-state index in [1.54, 1.807) is 6.92 Å². The quantitative estimate of drug-likeness (QED) is 0.779. The van der Waals surface area contributed by atoms with Gasteiger partial charge in [-0.05, 0) is 31.0 Å². The molecule has 2 aromatic rings. The number of thiazole rings is 1. The van der Waals surface area contributed by atoms with Crippen molar-refractivity contribution in [2.24, 2.45) is 0 Å². The van der Waals surface area contributed by atoms with E-state index >= 15 is 0 Å². The zero-order valence-electron chi connectivity index (χ0n) is 13.7. The second-order valence-electron chi connectivity index (χ2n) is 6.04. The minimum Gasteiger partial charge on any atom is -0.335 e. The Labute approximate surface area is 145 Å². The highest BCUT2D eigenvalue weighted by Gasteiger charge is 2.16. The van der Waals surface area contributed by atoms with Crippen molar-refractivity contribution in [2.45, 2.75) is 51.5 Å². The van der Waals surface area contributed by atoms with E-state index in [1.807, 2.05) is 18.2 Å². The zero-order valence-corrected chi connectivity index (χ0v) is 14.5. The summed E-state index contributed by atoms with van der Waals surface area (Å²) in [4.78, 5) is 27.9. The van der Waals surface area contributed by atoms with E-state index in [4.69, 9.17) is 0 Å². The summed E-state index contributed by atoms with van der Waals surface area (Å²) in [7, 11) is 0. The monoisotopic (exact) mass is 346 g/mol. The van der Waals surface area contributed by atoms with Crippen LogP contribution in [0.3, 0.4) is 0 Å². The Hall–Kier alpha value is -2.15. The van der Waals surface area contributed by atoms with Gasteiger partial charge >= 0.3 is 6.03 Å². The van der Waals surface area contributed by atoms with Gasteiger partial charge in [0.25, 0.3) is 0 Å². The molecule has 1 aromatic heterocycles. The number of urea groups is 1. The van der Waals surface area contributed by atoms with Gasteiger partial charge in [0.15, 0.2) is 5.13 Å². The molecule has 3 amide bonds. The van der Waals surface area contributed by atoms with Crippen LogP contribution in [0.25, 0.3) is 10.2 Å². The molecule has 7 heteroatoms. The zero-order chi connectivity index (χ0) is 16.9. The fourth-order valence-corrected chi connectivity index (χ4v) is 3.78. The number of nitrogens with one attached hydrogen (secondary N) is 3. The molecule has 1 aliphatic carbocycles. The molecule has 24 heavy (non-hydrogen) atoms. The van der Waals surface area contributed by atoms with Gasteiger partial charge in [-0.1, -0.05) is 37.5 Å². The smallest absolute Gasteiger partial charge is 0.319 e. The van der Waals surface area contributed by atoms with Crippen LogP contribution in [0, 0.1) is 0 Å². The second kappa shape index (κ2) is 7.61. The maximum atomic E-state index is 12.1. The summed E-state index contributed by atoms with van der Waals surface area (Å²) in [6.45, 7) is 1.80. The summed E-state index contributed by atoms with van der Waals surface area (Å²) in [6, 6.07) is 5.68. The van der Waals surface area contributed by atoms with Gasteiger partial charge in [-0.3, -0.25) is 4.79 Å². The molecule has 0 spiro atoms. The summed E-state index contributed by atoms with van der Waals surface area (Å²) in [5.41, 5.74) is 1.54. The molecule has 1 aromatic carbocycles. The van der Waals surface area contributed by atoms with Crippen LogP contribution in [0.4, 0.5) is 15.6 Å². The summed E-state index contributed by atoms with van der Waals surface area (Å²) >= 11 is 1.40. The summed E-state index contributed by atoms with van der Waals surface area (Å²) in [5.74, 6) is -0.0562. The highest BCUT2D eigenvalue weighted by molar-refractivity contribution is 7.22. The summed E-state index contributed by atoms with van der Waals surface area (Å²) in [6.07, 6.45) is 6.17. The van der Waals surface area contributed by atoms with Crippen molar-refractivity contribution < 1.29 is 9.59 Å². The second-order valence-corrected chi connectivity index (χ2v) is 7.07. The summed E-state index contributed by atoms with van der Waals surface area (Å²) < 4.78 is 0.928. The van der Waals surface area contributed by atoms with Gasteiger partial charge in [0.05, 0.1) is 10.2 Å². The number of hydrogen-bond donors (Lipinski definition) is 3. The molecule has 128 valence electrons. The maximum absolute atomic E-state index is 12.1. The molecule has 6 nitrogen and oxygen atoms in total. The third-order valence-electron chi connectivity index (χ3n) is 4.15. The SMILES string of the molecule is CCC(=O)Nc1nc2ccc(NC(=O)NC3CCCCC3)cc2s1. The van der Waals surface area contributed by atoms with Crippen molar-refractivity contribution >= 4 is 44.3 Å². The summed E-state index contributed by atoms with van der Waals surface area (Å²) in [5, 5.41) is 9.27. The standard InChI is InChI=1S/C17H22N4O2S/c1-2-15(22)21-17-20-13-9-8-12(10-14(13)24-17)19-16(23)18-11-6-4-3-5-7-11/h8-11H,2-7H2,1H3,(H2,18,19,23)(H,20,21,22). The first-order chi connectivity index (χ1) is 11.6. The number of carbonyl (C=O) groups excluding carboxylic acids is 2. The molecule has 1 fully saturated rings. The van der Waals surface area contributed by atoms with Crippen LogP contribution in [-0.2, 0) is 4.79 Å². The normalized spacial score (nSPS) is 15.2. The van der Waals surface area contributed by atoms with Crippen molar-refractivity contribution in [1.82, 2.24) is 10.3 Å². The number of aromatic nitrogens is 1. The first-order valence-electron chi connectivity index (χ1n) is 8.42. The number of benzene rings is 1. The predicted molar refractivity (Wildman–Crippen MR) is 97.6 cm³/mol. The Morgan fingerprint density at radius 1 is 1.21 bits per heavy atom. The molecule has 0 saturated heterocycles. The Kier molecular flexibility index (Phi) is 5.30. The lowest BCUT2D eigenvalue weighted by molar-refractivity contribution is -0.115. The number of anilines is 2. The molecule has 1 saturated carbocycles. The van der Waals surface area contributed by atoms with Gasteiger partial charge in [-0.15, -0.1) is 0 Å². The predicted octanol–water partition coefficient (Wildman–Crippen LogP) is 4.10. The van der Waals surface area contributed by atoms with Crippen LogP contribution in [0.5, 0.6) is 0 Å². The van der Waals surface area contributed by atoms with Gasteiger partial charge in [0.2, 0.25) is 5.91 Å². The fraction of sp³-hybridized carbons (Fsp3) is 0.471. The molecule has 1 heterocycles. The Morgan fingerprint density at radius 2 is 2.00 bits per heavy atom. The number of rotatable bonds is 4. The lowest BCUT2D eigenvalue weighted by Crippen LogP contribution is -2.38. The third-order valence-corrected chi connectivity index (χ3v) is 5.09. The highest BCUT2D eigenvalue weighted by Crippen LogP contribution is 2.28. The number of nitrogens with zero attached hydrogens (tertiary/aromatic N) is 1. The van der Waals surface area contributed by atoms with Gasteiger partial charge in [0.1, 0.15) is 0 Å². The molecular weight excluding hydrogens is 324 g/mol. The lowest BCUT2D eigenvalue weighted by Gasteiger charge is -2.22. The van der Waals surface area contributed by atoms with E-state index in [2.05, 4.69) is 20.9 Å². The van der Waals surface area contributed by atoms with Crippen molar-refractivity contribution in [3.05, 3.63) is 18.2 Å². The average Bonchev–Trinajstić information content (AvgIpc) is 2.97. The van der Waals surface area contributed by atoms with Crippen molar-refractivity contribution in [3.63, 3.8) is 0 Å². The largest absolute Gasteiger partial charge is 0.335 e. The molecule has 0 radical (unpaired) electrons. The fourth-order valence-electron chi connectivity index (χ4n) is 2.86. The van der Waals surface area contributed by atoms with Crippen LogP contribution >= 0.6 is 11.3 Å². The van der Waals surface area contributed by atoms with E-state index in [9.17, 15) is 9.59 Å². The van der Waals surface area contributed by atoms with Gasteiger partial charge in [-0.2, -0.15) is 0 Å². The van der Waals surface area contributed by atoms with E-state index in [1.165, 1.54) is 30.6 Å². The third kappa shape index (κ3) is 4.23. The minimum atomic E-state index is -0.162. The molecule has 0 aliphatic heterocycles. The highest BCUT2D eigenvalue weighted by atomic mass is 32.1. The number of fused-ring (bicyclic) bond motifs is 1. The lowest BCUT2D eigenvalue weighted by atomic mass is 9.96. The number of carbonyl (C=O) groups is 2. The van der Waals surface area contributed by atoms with Crippen LogP contribution in [0.15, 0.2) is 18.2 Å². The molecule has 3 N–H and O–H groups in total. The molecule has 0 bridgehead atoms. The van der Waals surface area contributed by atoms with Gasteiger partial charge in [0, 0.05) is 18.2 Å². The minimum absolute atomic E-state index is 0.0562.